The highest BCUT2D eigenvalue weighted by Gasteiger charge is 2.25. The van der Waals surface area contributed by atoms with Crippen molar-refractivity contribution in [1.82, 2.24) is 0 Å². The zero-order valence-corrected chi connectivity index (χ0v) is 13.6. The maximum Gasteiger partial charge on any atom is 0.128 e. The van der Waals surface area contributed by atoms with Gasteiger partial charge in [-0.3, -0.25) is 4.21 Å². The molecule has 0 radical (unpaired) electrons. The van der Waals surface area contributed by atoms with Gasteiger partial charge in [-0.15, -0.1) is 0 Å². The first-order valence-electron chi connectivity index (χ1n) is 6.59. The first kappa shape index (κ1) is 16.6. The second-order valence-corrected chi connectivity index (χ2v) is 8.46. The van der Waals surface area contributed by atoms with E-state index >= 15 is 0 Å². The fourth-order valence-corrected chi connectivity index (χ4v) is 3.31. The Morgan fingerprint density at radius 3 is 2.47 bits per heavy atom. The smallest absolute Gasteiger partial charge is 0.128 e. The van der Waals surface area contributed by atoms with E-state index in [1.54, 1.807) is 12.1 Å². The van der Waals surface area contributed by atoms with Gasteiger partial charge < -0.3 is 0 Å². The number of benzene rings is 1. The molecule has 0 N–H and O–H groups in total. The summed E-state index contributed by atoms with van der Waals surface area (Å²) in [5, 5.41) is 0.397. The van der Waals surface area contributed by atoms with E-state index in [0.717, 1.165) is 12.8 Å². The Bertz CT molecular complexity index is 454. The molecule has 0 heterocycles. The molecule has 0 aliphatic carbocycles. The van der Waals surface area contributed by atoms with E-state index in [1.165, 1.54) is 6.07 Å². The summed E-state index contributed by atoms with van der Waals surface area (Å²) in [5.74, 6) is 0.190. The molecule has 0 saturated heterocycles. The van der Waals surface area contributed by atoms with Crippen molar-refractivity contribution in [2.75, 3.05) is 5.75 Å². The average Bonchev–Trinajstić information content (AvgIpc) is 2.27. The summed E-state index contributed by atoms with van der Waals surface area (Å²) in [6.07, 6.45) is 1.77. The average molecular weight is 305 g/mol. The van der Waals surface area contributed by atoms with Gasteiger partial charge in [0.1, 0.15) is 5.82 Å². The van der Waals surface area contributed by atoms with Crippen molar-refractivity contribution in [3.8, 4) is 0 Å². The SMILES string of the molecule is CCCC(C[S@@](=O)C(C)(C)C)c1ccc(Cl)cc1F. The molecule has 1 nitrogen and oxygen atoms in total. The minimum atomic E-state index is -0.983. The molecule has 19 heavy (non-hydrogen) atoms. The standard InChI is InChI=1S/C15H22ClFOS/c1-5-6-11(10-19(18)15(2,3)4)13-8-7-12(16)9-14(13)17/h7-9,11H,5-6,10H2,1-4H3/t11?,19-/m1/s1. The van der Waals surface area contributed by atoms with Crippen molar-refractivity contribution in [2.45, 2.75) is 51.2 Å². The summed E-state index contributed by atoms with van der Waals surface area (Å²) < 4.78 is 26.0. The van der Waals surface area contributed by atoms with Gasteiger partial charge in [0.05, 0.1) is 0 Å². The Kier molecular flexibility index (Phi) is 6.00. The van der Waals surface area contributed by atoms with E-state index in [-0.39, 0.29) is 16.5 Å². The Hall–Kier alpha value is -0.410. The number of halogens is 2. The van der Waals surface area contributed by atoms with Gasteiger partial charge >= 0.3 is 0 Å². The highest BCUT2D eigenvalue weighted by Crippen LogP contribution is 2.29. The van der Waals surface area contributed by atoms with Crippen LogP contribution < -0.4 is 0 Å². The first-order chi connectivity index (χ1) is 8.75. The van der Waals surface area contributed by atoms with E-state index in [2.05, 4.69) is 6.92 Å². The molecule has 2 atom stereocenters. The first-order valence-corrected chi connectivity index (χ1v) is 8.28. The van der Waals surface area contributed by atoms with Crippen LogP contribution in [0.25, 0.3) is 0 Å². The van der Waals surface area contributed by atoms with E-state index in [0.29, 0.717) is 16.3 Å². The number of hydrogen-bond acceptors (Lipinski definition) is 1. The van der Waals surface area contributed by atoms with Crippen molar-refractivity contribution in [3.63, 3.8) is 0 Å². The fourth-order valence-electron chi connectivity index (χ4n) is 1.94. The normalized spacial score (nSPS) is 15.3. The molecule has 4 heteroatoms. The lowest BCUT2D eigenvalue weighted by molar-refractivity contribution is 0.567. The summed E-state index contributed by atoms with van der Waals surface area (Å²) >= 11 is 5.78. The molecule has 0 bridgehead atoms. The molecule has 0 aromatic heterocycles. The van der Waals surface area contributed by atoms with Crippen LogP contribution in [0.3, 0.4) is 0 Å². The van der Waals surface area contributed by atoms with Crippen LogP contribution in [-0.4, -0.2) is 14.7 Å². The molecule has 1 aromatic rings. The van der Waals surface area contributed by atoms with Gasteiger partial charge in [-0.05, 0) is 50.8 Å². The molecule has 108 valence electrons. The molecular weight excluding hydrogens is 283 g/mol. The van der Waals surface area contributed by atoms with Crippen LogP contribution in [0.2, 0.25) is 5.02 Å². The lowest BCUT2D eigenvalue weighted by Gasteiger charge is -2.23. The molecule has 0 saturated carbocycles. The molecule has 0 aliphatic rings. The monoisotopic (exact) mass is 304 g/mol. The van der Waals surface area contributed by atoms with Gasteiger partial charge in [-0.25, -0.2) is 4.39 Å². The predicted octanol–water partition coefficient (Wildman–Crippen LogP) is 4.91. The van der Waals surface area contributed by atoms with Crippen molar-refractivity contribution in [1.29, 1.82) is 0 Å². The van der Waals surface area contributed by atoms with Crippen molar-refractivity contribution in [3.05, 3.63) is 34.6 Å². The molecule has 1 unspecified atom stereocenters. The second-order valence-electron chi connectivity index (χ2n) is 5.78. The Balaban J connectivity index is 2.97. The largest absolute Gasteiger partial charge is 0.259 e. The van der Waals surface area contributed by atoms with Crippen molar-refractivity contribution in [2.24, 2.45) is 0 Å². The van der Waals surface area contributed by atoms with E-state index < -0.39 is 10.8 Å². The zero-order valence-electron chi connectivity index (χ0n) is 12.0. The summed E-state index contributed by atoms with van der Waals surface area (Å²) in [4.78, 5) is 0. The molecule has 0 aliphatic heterocycles. The molecule has 0 fully saturated rings. The van der Waals surface area contributed by atoms with Crippen LogP contribution >= 0.6 is 11.6 Å². The fraction of sp³-hybridized carbons (Fsp3) is 0.600. The third-order valence-electron chi connectivity index (χ3n) is 3.08. The van der Waals surface area contributed by atoms with Gasteiger partial charge in [0.15, 0.2) is 0 Å². The highest BCUT2D eigenvalue weighted by molar-refractivity contribution is 7.86. The van der Waals surface area contributed by atoms with Gasteiger partial charge in [-0.1, -0.05) is 31.0 Å². The van der Waals surface area contributed by atoms with Crippen LogP contribution in [0, 0.1) is 5.82 Å². The van der Waals surface area contributed by atoms with Crippen LogP contribution in [0.4, 0.5) is 4.39 Å². The molecular formula is C15H22ClFOS. The second kappa shape index (κ2) is 6.85. The molecule has 0 spiro atoms. The van der Waals surface area contributed by atoms with Gasteiger partial charge in [-0.2, -0.15) is 0 Å². The highest BCUT2D eigenvalue weighted by atomic mass is 35.5. The van der Waals surface area contributed by atoms with Crippen LogP contribution in [0.15, 0.2) is 18.2 Å². The summed E-state index contributed by atoms with van der Waals surface area (Å²) in [7, 11) is -0.983. The van der Waals surface area contributed by atoms with Crippen LogP contribution in [0.1, 0.15) is 52.0 Å². The van der Waals surface area contributed by atoms with Crippen molar-refractivity contribution < 1.29 is 8.60 Å². The number of rotatable bonds is 5. The van der Waals surface area contributed by atoms with Crippen LogP contribution in [0.5, 0.6) is 0 Å². The van der Waals surface area contributed by atoms with E-state index in [9.17, 15) is 8.60 Å². The quantitative estimate of drug-likeness (QED) is 0.755. The van der Waals surface area contributed by atoms with Crippen LogP contribution in [-0.2, 0) is 10.8 Å². The Morgan fingerprint density at radius 1 is 1.37 bits per heavy atom. The topological polar surface area (TPSA) is 17.1 Å². The van der Waals surface area contributed by atoms with E-state index in [1.807, 2.05) is 20.8 Å². The van der Waals surface area contributed by atoms with Gasteiger partial charge in [0.2, 0.25) is 0 Å². The third kappa shape index (κ3) is 4.88. The van der Waals surface area contributed by atoms with Gasteiger partial charge in [0, 0.05) is 26.3 Å². The summed E-state index contributed by atoms with van der Waals surface area (Å²) in [5.41, 5.74) is 0.629. The number of hydrogen-bond donors (Lipinski definition) is 0. The summed E-state index contributed by atoms with van der Waals surface area (Å²) in [6.45, 7) is 7.90. The zero-order chi connectivity index (χ0) is 14.6. The lowest BCUT2D eigenvalue weighted by Crippen LogP contribution is -2.27. The molecule has 1 aromatic carbocycles. The lowest BCUT2D eigenvalue weighted by atomic mass is 9.96. The van der Waals surface area contributed by atoms with E-state index in [4.69, 9.17) is 11.6 Å². The molecule has 1 rings (SSSR count). The Labute approximate surface area is 123 Å². The summed E-state index contributed by atoms with van der Waals surface area (Å²) in [6, 6.07) is 4.75. The maximum absolute atomic E-state index is 14.0. The molecule has 0 amide bonds. The third-order valence-corrected chi connectivity index (χ3v) is 5.38. The van der Waals surface area contributed by atoms with Crippen molar-refractivity contribution >= 4 is 22.4 Å². The Morgan fingerprint density at radius 2 is 2.00 bits per heavy atom. The minimum absolute atomic E-state index is 0.0117. The van der Waals surface area contributed by atoms with Gasteiger partial charge in [0.25, 0.3) is 0 Å². The predicted molar refractivity (Wildman–Crippen MR) is 81.8 cm³/mol. The maximum atomic E-state index is 14.0. The minimum Gasteiger partial charge on any atom is -0.259 e.